The third-order valence-electron chi connectivity index (χ3n) is 4.33. The number of ether oxygens (including phenoxy) is 1. The van der Waals surface area contributed by atoms with Gasteiger partial charge in [0.2, 0.25) is 5.91 Å². The molecular weight excluding hydrogens is 318 g/mol. The van der Waals surface area contributed by atoms with Gasteiger partial charge in [0, 0.05) is 63.9 Å². The van der Waals surface area contributed by atoms with Crippen LogP contribution < -0.4 is 4.90 Å². The zero-order valence-corrected chi connectivity index (χ0v) is 14.5. The third-order valence-corrected chi connectivity index (χ3v) is 4.33. The van der Waals surface area contributed by atoms with Gasteiger partial charge >= 0.3 is 0 Å². The molecule has 0 atom stereocenters. The third kappa shape index (κ3) is 4.51. The number of methoxy groups -OCH3 is 1. The topological polar surface area (TPSA) is 71.5 Å². The number of rotatable bonds is 6. The zero-order chi connectivity index (χ0) is 17.5. The van der Waals surface area contributed by atoms with E-state index in [9.17, 15) is 4.79 Å². The second kappa shape index (κ2) is 8.53. The quantitative estimate of drug-likeness (QED) is 0.789. The van der Waals surface area contributed by atoms with Crippen LogP contribution in [0.1, 0.15) is 17.5 Å². The number of aryl methyl sites for hydroxylation is 1. The number of hydrogen-bond acceptors (Lipinski definition) is 6. The molecule has 0 aliphatic carbocycles. The molecule has 0 bridgehead atoms. The van der Waals surface area contributed by atoms with Crippen molar-refractivity contribution in [1.29, 1.82) is 0 Å². The molecule has 0 spiro atoms. The minimum Gasteiger partial charge on any atom is -0.383 e. The molecule has 2 aromatic heterocycles. The van der Waals surface area contributed by atoms with E-state index in [4.69, 9.17) is 4.74 Å². The van der Waals surface area contributed by atoms with E-state index in [1.807, 2.05) is 17.0 Å². The van der Waals surface area contributed by atoms with Gasteiger partial charge in [0.05, 0.1) is 6.61 Å². The van der Waals surface area contributed by atoms with E-state index >= 15 is 0 Å². The van der Waals surface area contributed by atoms with E-state index in [0.717, 1.165) is 30.0 Å². The molecule has 0 fully saturated rings. The molecule has 0 saturated heterocycles. The van der Waals surface area contributed by atoms with Gasteiger partial charge in [-0.1, -0.05) is 6.07 Å². The Morgan fingerprint density at radius 2 is 2.12 bits per heavy atom. The first-order valence-electron chi connectivity index (χ1n) is 8.47. The normalized spacial score (nSPS) is 14.1. The van der Waals surface area contributed by atoms with Gasteiger partial charge in [0.1, 0.15) is 12.1 Å². The minimum absolute atomic E-state index is 0.146. The second-order valence-corrected chi connectivity index (χ2v) is 6.03. The number of aromatic nitrogens is 3. The highest BCUT2D eigenvalue weighted by Crippen LogP contribution is 2.22. The fourth-order valence-electron chi connectivity index (χ4n) is 2.97. The number of anilines is 1. The molecule has 1 aliphatic heterocycles. The monoisotopic (exact) mass is 341 g/mol. The highest BCUT2D eigenvalue weighted by molar-refractivity contribution is 5.77. The van der Waals surface area contributed by atoms with Gasteiger partial charge < -0.3 is 14.5 Å². The minimum atomic E-state index is 0.146. The molecule has 1 aliphatic rings. The molecule has 7 nitrogen and oxygen atoms in total. The Labute approximate surface area is 147 Å². The Balaban J connectivity index is 1.67. The molecule has 0 unspecified atom stereocenters. The van der Waals surface area contributed by atoms with Gasteiger partial charge in [-0.15, -0.1) is 0 Å². The maximum absolute atomic E-state index is 12.7. The summed E-state index contributed by atoms with van der Waals surface area (Å²) in [4.78, 5) is 29.3. The first kappa shape index (κ1) is 17.3. The van der Waals surface area contributed by atoms with E-state index in [-0.39, 0.29) is 5.91 Å². The average Bonchev–Trinajstić information content (AvgIpc) is 2.85. The summed E-state index contributed by atoms with van der Waals surface area (Å²) in [5.41, 5.74) is 2.06. The van der Waals surface area contributed by atoms with Gasteiger partial charge in [0.15, 0.2) is 0 Å². The molecule has 1 amide bonds. The Hall–Kier alpha value is -2.54. The van der Waals surface area contributed by atoms with Crippen LogP contribution in [0.25, 0.3) is 0 Å². The summed E-state index contributed by atoms with van der Waals surface area (Å²) in [6.07, 6.45) is 7.93. The lowest BCUT2D eigenvalue weighted by atomic mass is 10.1. The Bertz CT molecular complexity index is 695. The van der Waals surface area contributed by atoms with Crippen LogP contribution in [0.2, 0.25) is 0 Å². The van der Waals surface area contributed by atoms with Gasteiger partial charge in [0.25, 0.3) is 0 Å². The van der Waals surface area contributed by atoms with Crippen molar-refractivity contribution in [3.05, 3.63) is 48.2 Å². The Kier molecular flexibility index (Phi) is 5.90. The molecule has 3 rings (SSSR count). The summed E-state index contributed by atoms with van der Waals surface area (Å²) >= 11 is 0. The van der Waals surface area contributed by atoms with E-state index in [2.05, 4.69) is 19.9 Å². The number of pyridine rings is 1. The lowest BCUT2D eigenvalue weighted by Crippen LogP contribution is -2.36. The Morgan fingerprint density at radius 1 is 1.28 bits per heavy atom. The van der Waals surface area contributed by atoms with Crippen LogP contribution in [0.4, 0.5) is 5.82 Å². The van der Waals surface area contributed by atoms with Gasteiger partial charge in [-0.05, 0) is 18.1 Å². The van der Waals surface area contributed by atoms with Crippen molar-refractivity contribution < 1.29 is 9.53 Å². The molecule has 2 aromatic rings. The van der Waals surface area contributed by atoms with Crippen LogP contribution in [0.3, 0.4) is 0 Å². The molecule has 0 aromatic carbocycles. The van der Waals surface area contributed by atoms with E-state index in [1.165, 1.54) is 6.33 Å². The van der Waals surface area contributed by atoms with Crippen LogP contribution in [-0.2, 0) is 22.5 Å². The van der Waals surface area contributed by atoms with Crippen LogP contribution >= 0.6 is 0 Å². The Morgan fingerprint density at radius 3 is 2.92 bits per heavy atom. The van der Waals surface area contributed by atoms with E-state index in [1.54, 1.807) is 25.7 Å². The summed E-state index contributed by atoms with van der Waals surface area (Å²) in [5, 5.41) is 0. The number of carbonyl (C=O) groups excluding carboxylic acids is 1. The molecule has 0 saturated carbocycles. The highest BCUT2D eigenvalue weighted by atomic mass is 16.5. The summed E-state index contributed by atoms with van der Waals surface area (Å²) in [7, 11) is 1.69. The number of fused-ring (bicyclic) bond motifs is 1. The standard InChI is InChI=1S/C18H23N5O2/c1-25-10-9-22-7-8-23(13-16-3-2-6-21-18(16)22)17(24)5-4-15-11-19-14-20-12-15/h2-3,6,11-12,14H,4-5,7-10,13H2,1H3. The van der Waals surface area contributed by atoms with Crippen molar-refractivity contribution in [3.8, 4) is 0 Å². The number of carbonyl (C=O) groups is 1. The fourth-order valence-corrected chi connectivity index (χ4v) is 2.97. The molecule has 132 valence electrons. The lowest BCUT2D eigenvalue weighted by molar-refractivity contribution is -0.131. The van der Waals surface area contributed by atoms with Crippen LogP contribution in [0.5, 0.6) is 0 Å². The smallest absolute Gasteiger partial charge is 0.223 e. The first-order chi connectivity index (χ1) is 12.3. The SMILES string of the molecule is COCCN1CCN(C(=O)CCc2cncnc2)Cc2cccnc21. The zero-order valence-electron chi connectivity index (χ0n) is 14.5. The van der Waals surface area contributed by atoms with Crippen LogP contribution in [0, 0.1) is 0 Å². The van der Waals surface area contributed by atoms with Crippen molar-refractivity contribution in [2.45, 2.75) is 19.4 Å². The number of nitrogens with zero attached hydrogens (tertiary/aromatic N) is 5. The van der Waals surface area contributed by atoms with Crippen molar-refractivity contribution in [3.63, 3.8) is 0 Å². The van der Waals surface area contributed by atoms with Crippen LogP contribution in [-0.4, -0.2) is 59.1 Å². The van der Waals surface area contributed by atoms with Crippen molar-refractivity contribution >= 4 is 11.7 Å². The van der Waals surface area contributed by atoms with Gasteiger partial charge in [-0.3, -0.25) is 4.79 Å². The molecule has 3 heterocycles. The predicted octanol–water partition coefficient (Wildman–Crippen LogP) is 1.30. The molecule has 0 radical (unpaired) electrons. The fraction of sp³-hybridized carbons (Fsp3) is 0.444. The highest BCUT2D eigenvalue weighted by Gasteiger charge is 2.23. The van der Waals surface area contributed by atoms with E-state index in [0.29, 0.717) is 32.5 Å². The summed E-state index contributed by atoms with van der Waals surface area (Å²) in [6, 6.07) is 3.96. The molecule has 25 heavy (non-hydrogen) atoms. The van der Waals surface area contributed by atoms with Gasteiger partial charge in [-0.2, -0.15) is 0 Å². The second-order valence-electron chi connectivity index (χ2n) is 6.03. The maximum atomic E-state index is 12.7. The van der Waals surface area contributed by atoms with Gasteiger partial charge in [-0.25, -0.2) is 15.0 Å². The maximum Gasteiger partial charge on any atom is 0.223 e. The number of hydrogen-bond donors (Lipinski definition) is 0. The largest absolute Gasteiger partial charge is 0.383 e. The van der Waals surface area contributed by atoms with Crippen molar-refractivity contribution in [2.24, 2.45) is 0 Å². The predicted molar refractivity (Wildman–Crippen MR) is 94.1 cm³/mol. The number of amides is 1. The lowest BCUT2D eigenvalue weighted by Gasteiger charge is -2.23. The van der Waals surface area contributed by atoms with E-state index < -0.39 is 0 Å². The first-order valence-corrected chi connectivity index (χ1v) is 8.47. The summed E-state index contributed by atoms with van der Waals surface area (Å²) < 4.78 is 5.20. The summed E-state index contributed by atoms with van der Waals surface area (Å²) in [5.74, 6) is 1.10. The molecule has 0 N–H and O–H groups in total. The molecular formula is C18H23N5O2. The van der Waals surface area contributed by atoms with Crippen LogP contribution in [0.15, 0.2) is 37.1 Å². The van der Waals surface area contributed by atoms with Crippen molar-refractivity contribution in [2.75, 3.05) is 38.3 Å². The molecule has 7 heteroatoms. The summed E-state index contributed by atoms with van der Waals surface area (Å²) in [6.45, 7) is 3.44. The van der Waals surface area contributed by atoms with Crippen molar-refractivity contribution in [1.82, 2.24) is 19.9 Å². The average molecular weight is 341 g/mol.